The van der Waals surface area contributed by atoms with E-state index in [1.165, 1.54) is 30.2 Å². The first-order valence-electron chi connectivity index (χ1n) is 10.8. The number of halogens is 1. The van der Waals surface area contributed by atoms with Crippen LogP contribution >= 0.6 is 0 Å². The molecule has 172 valence electrons. The van der Waals surface area contributed by atoms with Crippen LogP contribution in [0.2, 0.25) is 0 Å². The summed E-state index contributed by atoms with van der Waals surface area (Å²) in [4.78, 5) is 28.9. The third-order valence-electron chi connectivity index (χ3n) is 6.20. The predicted octanol–water partition coefficient (Wildman–Crippen LogP) is 5.01. The highest BCUT2D eigenvalue weighted by Gasteiger charge is 2.43. The predicted molar refractivity (Wildman–Crippen MR) is 125 cm³/mol. The number of benzene rings is 3. The van der Waals surface area contributed by atoms with Gasteiger partial charge in [0.05, 0.1) is 24.1 Å². The van der Waals surface area contributed by atoms with Gasteiger partial charge in [-0.15, -0.1) is 0 Å². The number of fused-ring (bicyclic) bond motifs is 2. The van der Waals surface area contributed by atoms with E-state index in [2.05, 4.69) is 0 Å². The molecule has 1 N–H and O–H groups in total. The van der Waals surface area contributed by atoms with E-state index in [1.54, 1.807) is 30.3 Å². The molecule has 3 aromatic carbocycles. The Labute approximate surface area is 194 Å². The standard InChI is InChI=1S/C27H22FNO5/c1-14-10-15(2)22-21(11-14)34-26-23(25(22)31)24(17-6-9-19(30)20(12-17)33-3)29(27(26)32)13-16-4-7-18(28)8-5-16/h4-12,24,30H,13H2,1-3H3/t24-/m0/s1. The van der Waals surface area contributed by atoms with Gasteiger partial charge in [-0.2, -0.15) is 0 Å². The molecule has 4 aromatic rings. The van der Waals surface area contributed by atoms with Crippen LogP contribution in [-0.2, 0) is 6.54 Å². The summed E-state index contributed by atoms with van der Waals surface area (Å²) in [6.45, 7) is 3.86. The summed E-state index contributed by atoms with van der Waals surface area (Å²) in [5.41, 5.74) is 3.28. The quantitative estimate of drug-likeness (QED) is 0.464. The normalized spacial score (nSPS) is 15.1. The Balaban J connectivity index is 1.76. The van der Waals surface area contributed by atoms with Gasteiger partial charge in [0.25, 0.3) is 5.91 Å². The lowest BCUT2D eigenvalue weighted by Crippen LogP contribution is -2.29. The lowest BCUT2D eigenvalue weighted by molar-refractivity contribution is 0.0714. The lowest BCUT2D eigenvalue weighted by atomic mass is 9.96. The number of methoxy groups -OCH3 is 1. The summed E-state index contributed by atoms with van der Waals surface area (Å²) in [5, 5.41) is 10.5. The van der Waals surface area contributed by atoms with Gasteiger partial charge in [-0.3, -0.25) is 9.59 Å². The first-order chi connectivity index (χ1) is 16.3. The molecule has 1 aromatic heterocycles. The molecule has 0 unspecified atom stereocenters. The molecule has 0 spiro atoms. The Morgan fingerprint density at radius 3 is 2.50 bits per heavy atom. The average molecular weight is 459 g/mol. The van der Waals surface area contributed by atoms with Crippen molar-refractivity contribution >= 4 is 16.9 Å². The summed E-state index contributed by atoms with van der Waals surface area (Å²) in [6, 6.07) is 13.4. The smallest absolute Gasteiger partial charge is 0.291 e. The van der Waals surface area contributed by atoms with Crippen LogP contribution in [0.3, 0.4) is 0 Å². The lowest BCUT2D eigenvalue weighted by Gasteiger charge is -2.25. The van der Waals surface area contributed by atoms with Crippen molar-refractivity contribution in [1.82, 2.24) is 4.90 Å². The van der Waals surface area contributed by atoms with Crippen LogP contribution in [0, 0.1) is 19.7 Å². The fourth-order valence-corrected chi connectivity index (χ4v) is 4.67. The Morgan fingerprint density at radius 2 is 1.79 bits per heavy atom. The van der Waals surface area contributed by atoms with Gasteiger partial charge in [0.1, 0.15) is 11.4 Å². The number of rotatable bonds is 4. The van der Waals surface area contributed by atoms with Crippen molar-refractivity contribution in [3.63, 3.8) is 0 Å². The van der Waals surface area contributed by atoms with Crippen LogP contribution in [0.1, 0.15) is 44.4 Å². The van der Waals surface area contributed by atoms with E-state index in [0.29, 0.717) is 22.1 Å². The molecule has 2 heterocycles. The minimum atomic E-state index is -0.775. The van der Waals surface area contributed by atoms with E-state index in [4.69, 9.17) is 9.15 Å². The number of nitrogens with zero attached hydrogens (tertiary/aromatic N) is 1. The van der Waals surface area contributed by atoms with Crippen molar-refractivity contribution in [2.75, 3.05) is 7.11 Å². The number of carbonyl (C=O) groups excluding carboxylic acids is 1. The molecule has 7 heteroatoms. The van der Waals surface area contributed by atoms with Crippen molar-refractivity contribution in [2.24, 2.45) is 0 Å². The molecule has 0 saturated carbocycles. The monoisotopic (exact) mass is 459 g/mol. The van der Waals surface area contributed by atoms with E-state index < -0.39 is 11.9 Å². The summed E-state index contributed by atoms with van der Waals surface area (Å²) in [5.74, 6) is -0.667. The summed E-state index contributed by atoms with van der Waals surface area (Å²) in [7, 11) is 1.43. The number of phenolic OH excluding ortho intramolecular Hbond substituents is 1. The maximum Gasteiger partial charge on any atom is 0.291 e. The van der Waals surface area contributed by atoms with Gasteiger partial charge in [-0.1, -0.05) is 24.3 Å². The van der Waals surface area contributed by atoms with Gasteiger partial charge in [-0.25, -0.2) is 4.39 Å². The van der Waals surface area contributed by atoms with Gasteiger partial charge in [0.15, 0.2) is 16.9 Å². The molecule has 1 aliphatic rings. The van der Waals surface area contributed by atoms with E-state index in [9.17, 15) is 19.1 Å². The maximum atomic E-state index is 13.8. The van der Waals surface area contributed by atoms with Gasteiger partial charge in [-0.05, 0) is 66.4 Å². The maximum absolute atomic E-state index is 13.8. The molecular weight excluding hydrogens is 437 g/mol. The van der Waals surface area contributed by atoms with Gasteiger partial charge in [0.2, 0.25) is 5.76 Å². The van der Waals surface area contributed by atoms with Crippen LogP contribution in [-0.4, -0.2) is 23.0 Å². The average Bonchev–Trinajstić information content (AvgIpc) is 3.07. The van der Waals surface area contributed by atoms with Crippen molar-refractivity contribution in [3.8, 4) is 11.5 Å². The Morgan fingerprint density at radius 1 is 1.06 bits per heavy atom. The number of phenols is 1. The Kier molecular flexibility index (Phi) is 5.12. The summed E-state index contributed by atoms with van der Waals surface area (Å²) >= 11 is 0. The zero-order valence-corrected chi connectivity index (χ0v) is 18.9. The second-order valence-electron chi connectivity index (χ2n) is 8.52. The number of hydrogen-bond donors (Lipinski definition) is 1. The van der Waals surface area contributed by atoms with E-state index >= 15 is 0 Å². The highest BCUT2D eigenvalue weighted by molar-refractivity contribution is 5.99. The molecule has 0 aliphatic carbocycles. The number of amides is 1. The molecule has 0 bridgehead atoms. The topological polar surface area (TPSA) is 80.0 Å². The Bertz CT molecular complexity index is 1510. The second kappa shape index (κ2) is 8.02. The molecular formula is C27H22FNO5. The number of aromatic hydroxyl groups is 1. The number of carbonyl (C=O) groups is 1. The first kappa shape index (κ1) is 21.7. The number of ether oxygens (including phenoxy) is 1. The largest absolute Gasteiger partial charge is 0.504 e. The summed E-state index contributed by atoms with van der Waals surface area (Å²) < 4.78 is 24.8. The second-order valence-corrected chi connectivity index (χ2v) is 8.52. The zero-order chi connectivity index (χ0) is 24.1. The fraction of sp³-hybridized carbons (Fsp3) is 0.185. The molecule has 1 amide bonds. The fourth-order valence-electron chi connectivity index (χ4n) is 4.67. The Hall–Kier alpha value is -4.13. The SMILES string of the molecule is COc1cc([C@H]2c3c(oc4cc(C)cc(C)c4c3=O)C(=O)N2Cc2ccc(F)cc2)ccc1O. The molecule has 1 aliphatic heterocycles. The minimum Gasteiger partial charge on any atom is -0.504 e. The summed E-state index contributed by atoms with van der Waals surface area (Å²) in [6.07, 6.45) is 0. The highest BCUT2D eigenvalue weighted by Crippen LogP contribution is 2.41. The zero-order valence-electron chi connectivity index (χ0n) is 18.9. The van der Waals surface area contributed by atoms with Crippen LogP contribution in [0.15, 0.2) is 63.8 Å². The van der Waals surface area contributed by atoms with Crippen LogP contribution in [0.25, 0.3) is 11.0 Å². The van der Waals surface area contributed by atoms with Crippen LogP contribution in [0.4, 0.5) is 4.39 Å². The van der Waals surface area contributed by atoms with Gasteiger partial charge >= 0.3 is 0 Å². The molecule has 0 radical (unpaired) electrons. The minimum absolute atomic E-state index is 0.0124. The van der Waals surface area contributed by atoms with E-state index in [-0.39, 0.29) is 40.6 Å². The van der Waals surface area contributed by atoms with E-state index in [1.807, 2.05) is 19.9 Å². The first-order valence-corrected chi connectivity index (χ1v) is 10.8. The van der Waals surface area contributed by atoms with Crippen LogP contribution < -0.4 is 10.2 Å². The highest BCUT2D eigenvalue weighted by atomic mass is 19.1. The van der Waals surface area contributed by atoms with Crippen molar-refractivity contribution < 1.29 is 23.4 Å². The van der Waals surface area contributed by atoms with Crippen molar-refractivity contribution in [3.05, 3.63) is 104 Å². The molecule has 5 rings (SSSR count). The van der Waals surface area contributed by atoms with Gasteiger partial charge in [0, 0.05) is 6.54 Å². The third kappa shape index (κ3) is 3.41. The molecule has 1 atom stereocenters. The van der Waals surface area contributed by atoms with Crippen LogP contribution in [0.5, 0.6) is 11.5 Å². The van der Waals surface area contributed by atoms with Crippen molar-refractivity contribution in [2.45, 2.75) is 26.4 Å². The molecule has 0 saturated heterocycles. The molecule has 34 heavy (non-hydrogen) atoms. The molecule has 6 nitrogen and oxygen atoms in total. The van der Waals surface area contributed by atoms with Gasteiger partial charge < -0.3 is 19.2 Å². The van der Waals surface area contributed by atoms with E-state index in [0.717, 1.165) is 11.1 Å². The number of aryl methyl sites for hydroxylation is 2. The van der Waals surface area contributed by atoms with Crippen molar-refractivity contribution in [1.29, 1.82) is 0 Å². The molecule has 0 fully saturated rings. The number of hydrogen-bond acceptors (Lipinski definition) is 5. The third-order valence-corrected chi connectivity index (χ3v) is 6.20.